The van der Waals surface area contributed by atoms with Gasteiger partial charge in [-0.1, -0.05) is 19.1 Å². The van der Waals surface area contributed by atoms with E-state index < -0.39 is 0 Å². The van der Waals surface area contributed by atoms with Gasteiger partial charge in [0.1, 0.15) is 5.82 Å². The molecule has 1 amide bonds. The van der Waals surface area contributed by atoms with Crippen LogP contribution in [-0.4, -0.2) is 24.0 Å². The highest BCUT2D eigenvalue weighted by Crippen LogP contribution is 2.25. The van der Waals surface area contributed by atoms with Crippen LogP contribution < -0.4 is 10.2 Å². The molecule has 0 spiro atoms. The van der Waals surface area contributed by atoms with Crippen molar-refractivity contribution >= 4 is 17.3 Å². The van der Waals surface area contributed by atoms with Crippen molar-refractivity contribution in [3.63, 3.8) is 0 Å². The lowest BCUT2D eigenvalue weighted by atomic mass is 9.99. The second-order valence-electron chi connectivity index (χ2n) is 7.86. The molecule has 5 nitrogen and oxygen atoms in total. The molecule has 0 saturated carbocycles. The summed E-state index contributed by atoms with van der Waals surface area (Å²) >= 11 is 0. The monoisotopic (exact) mass is 407 g/mol. The Balaban J connectivity index is 1.28. The molecule has 6 heteroatoms. The zero-order chi connectivity index (χ0) is 20.9. The van der Waals surface area contributed by atoms with E-state index in [0.717, 1.165) is 24.7 Å². The van der Waals surface area contributed by atoms with Crippen LogP contribution in [0.25, 0.3) is 11.3 Å². The van der Waals surface area contributed by atoms with Crippen LogP contribution >= 0.6 is 0 Å². The highest BCUT2D eigenvalue weighted by atomic mass is 19.1. The molecule has 0 atom stereocenters. The van der Waals surface area contributed by atoms with Gasteiger partial charge in [-0.3, -0.25) is 4.79 Å². The third-order valence-electron chi connectivity index (χ3n) is 5.56. The topological polar surface area (TPSA) is 58.4 Å². The van der Waals surface area contributed by atoms with E-state index in [2.05, 4.69) is 34.3 Å². The van der Waals surface area contributed by atoms with E-state index in [9.17, 15) is 9.18 Å². The molecular weight excluding hydrogens is 381 g/mol. The first-order valence-corrected chi connectivity index (χ1v) is 10.4. The molecule has 1 aliphatic heterocycles. The molecule has 0 aliphatic carbocycles. The number of hydrogen-bond acceptors (Lipinski definition) is 4. The Bertz CT molecular complexity index is 992. The van der Waals surface area contributed by atoms with Gasteiger partial charge in [0, 0.05) is 37.3 Å². The summed E-state index contributed by atoms with van der Waals surface area (Å²) in [4.78, 5) is 18.8. The molecule has 4 rings (SSSR count). The third-order valence-corrected chi connectivity index (χ3v) is 5.56. The van der Waals surface area contributed by atoms with Crippen molar-refractivity contribution in [3.8, 4) is 11.3 Å². The Labute approximate surface area is 175 Å². The van der Waals surface area contributed by atoms with Crippen LogP contribution in [0.15, 0.2) is 59.1 Å². The fourth-order valence-corrected chi connectivity index (χ4v) is 3.68. The van der Waals surface area contributed by atoms with Gasteiger partial charge < -0.3 is 14.6 Å². The molecule has 0 bridgehead atoms. The second-order valence-corrected chi connectivity index (χ2v) is 7.86. The number of piperidine rings is 1. The standard InChI is InChI=1S/C24H26FN3O2/c1-17-12-14-28(15-13-17)19-8-6-18(7-9-19)27-23(29)10-11-24-26-16-22(30-24)20-4-2-3-5-21(20)25/h2-9,16-17H,10-15H2,1H3,(H,27,29). The van der Waals surface area contributed by atoms with Gasteiger partial charge in [0.2, 0.25) is 5.91 Å². The van der Waals surface area contributed by atoms with Gasteiger partial charge in [-0.05, 0) is 55.2 Å². The lowest BCUT2D eigenvalue weighted by Gasteiger charge is -2.32. The number of benzene rings is 2. The number of carbonyl (C=O) groups excluding carboxylic acids is 1. The lowest BCUT2D eigenvalue weighted by Crippen LogP contribution is -2.32. The zero-order valence-corrected chi connectivity index (χ0v) is 17.1. The number of oxazole rings is 1. The highest BCUT2D eigenvalue weighted by Gasteiger charge is 2.16. The number of aromatic nitrogens is 1. The van der Waals surface area contributed by atoms with Crippen LogP contribution in [0.5, 0.6) is 0 Å². The summed E-state index contributed by atoms with van der Waals surface area (Å²) in [6.07, 6.45) is 4.52. The minimum Gasteiger partial charge on any atom is -0.441 e. The quantitative estimate of drug-likeness (QED) is 0.603. The van der Waals surface area contributed by atoms with E-state index in [0.29, 0.717) is 23.6 Å². The summed E-state index contributed by atoms with van der Waals surface area (Å²) in [5.74, 6) is 1.11. The molecule has 1 aliphatic rings. The van der Waals surface area contributed by atoms with Crippen LogP contribution in [0, 0.1) is 11.7 Å². The fraction of sp³-hybridized carbons (Fsp3) is 0.333. The number of rotatable bonds is 6. The van der Waals surface area contributed by atoms with Gasteiger partial charge in [-0.15, -0.1) is 0 Å². The number of hydrogen-bond donors (Lipinski definition) is 1. The molecule has 1 aromatic heterocycles. The number of anilines is 2. The minimum atomic E-state index is -0.361. The van der Waals surface area contributed by atoms with Gasteiger partial charge in [0.25, 0.3) is 0 Å². The number of halogens is 1. The maximum Gasteiger partial charge on any atom is 0.224 e. The highest BCUT2D eigenvalue weighted by molar-refractivity contribution is 5.91. The van der Waals surface area contributed by atoms with Gasteiger partial charge in [0.05, 0.1) is 11.8 Å². The van der Waals surface area contributed by atoms with Crippen LogP contribution in [0.2, 0.25) is 0 Å². The summed E-state index contributed by atoms with van der Waals surface area (Å²) in [6.45, 7) is 4.46. The zero-order valence-electron chi connectivity index (χ0n) is 17.1. The maximum atomic E-state index is 13.9. The number of nitrogens with zero attached hydrogens (tertiary/aromatic N) is 2. The molecule has 30 heavy (non-hydrogen) atoms. The molecule has 0 unspecified atom stereocenters. The van der Waals surface area contributed by atoms with E-state index in [-0.39, 0.29) is 18.1 Å². The van der Waals surface area contributed by atoms with Crippen molar-refractivity contribution in [1.82, 2.24) is 4.98 Å². The average Bonchev–Trinajstić information content (AvgIpc) is 3.23. The van der Waals surface area contributed by atoms with E-state index in [1.165, 1.54) is 30.8 Å². The molecule has 0 radical (unpaired) electrons. The van der Waals surface area contributed by atoms with E-state index in [4.69, 9.17) is 4.42 Å². The van der Waals surface area contributed by atoms with Crippen molar-refractivity contribution in [2.75, 3.05) is 23.3 Å². The van der Waals surface area contributed by atoms with Crippen LogP contribution in [-0.2, 0) is 11.2 Å². The SMILES string of the molecule is CC1CCN(c2ccc(NC(=O)CCc3ncc(-c4ccccc4F)o3)cc2)CC1. The predicted octanol–water partition coefficient (Wildman–Crippen LogP) is 5.29. The molecule has 1 saturated heterocycles. The van der Waals surface area contributed by atoms with Crippen molar-refractivity contribution < 1.29 is 13.6 Å². The molecule has 1 N–H and O–H groups in total. The summed E-state index contributed by atoms with van der Waals surface area (Å²) in [5.41, 5.74) is 2.33. The molecule has 1 fully saturated rings. The Morgan fingerprint density at radius 1 is 1.17 bits per heavy atom. The summed E-state index contributed by atoms with van der Waals surface area (Å²) in [6, 6.07) is 14.4. The molecule has 156 valence electrons. The van der Waals surface area contributed by atoms with Crippen molar-refractivity contribution in [2.24, 2.45) is 5.92 Å². The predicted molar refractivity (Wildman–Crippen MR) is 116 cm³/mol. The second kappa shape index (κ2) is 9.11. The lowest BCUT2D eigenvalue weighted by molar-refractivity contribution is -0.116. The van der Waals surface area contributed by atoms with Gasteiger partial charge in [-0.25, -0.2) is 9.37 Å². The fourth-order valence-electron chi connectivity index (χ4n) is 3.68. The first kappa shape index (κ1) is 20.1. The molecular formula is C24H26FN3O2. The van der Waals surface area contributed by atoms with Crippen LogP contribution in [0.1, 0.15) is 32.1 Å². The number of nitrogens with one attached hydrogen (secondary N) is 1. The van der Waals surface area contributed by atoms with Gasteiger partial charge in [0.15, 0.2) is 11.7 Å². The first-order valence-electron chi connectivity index (χ1n) is 10.4. The molecule has 2 heterocycles. The van der Waals surface area contributed by atoms with E-state index in [1.807, 2.05) is 12.1 Å². The maximum absolute atomic E-state index is 13.9. The van der Waals surface area contributed by atoms with Crippen molar-refractivity contribution in [1.29, 1.82) is 0 Å². The van der Waals surface area contributed by atoms with E-state index in [1.54, 1.807) is 18.2 Å². The molecule has 3 aromatic rings. The number of aryl methyl sites for hydroxylation is 1. The minimum absolute atomic E-state index is 0.111. The van der Waals surface area contributed by atoms with Crippen molar-refractivity contribution in [2.45, 2.75) is 32.6 Å². The molecule has 2 aromatic carbocycles. The Kier molecular flexibility index (Phi) is 6.12. The smallest absolute Gasteiger partial charge is 0.224 e. The van der Waals surface area contributed by atoms with Crippen molar-refractivity contribution in [3.05, 3.63) is 66.4 Å². The van der Waals surface area contributed by atoms with Gasteiger partial charge in [-0.2, -0.15) is 0 Å². The van der Waals surface area contributed by atoms with Crippen LogP contribution in [0.4, 0.5) is 15.8 Å². The first-order chi connectivity index (χ1) is 14.6. The van der Waals surface area contributed by atoms with Gasteiger partial charge >= 0.3 is 0 Å². The normalized spacial score (nSPS) is 14.7. The number of carbonyl (C=O) groups is 1. The average molecular weight is 407 g/mol. The Morgan fingerprint density at radius 3 is 2.63 bits per heavy atom. The largest absolute Gasteiger partial charge is 0.441 e. The number of amides is 1. The summed E-state index contributed by atoms with van der Waals surface area (Å²) < 4.78 is 19.5. The summed E-state index contributed by atoms with van der Waals surface area (Å²) in [5, 5.41) is 2.91. The summed E-state index contributed by atoms with van der Waals surface area (Å²) in [7, 11) is 0. The van der Waals surface area contributed by atoms with E-state index >= 15 is 0 Å². The van der Waals surface area contributed by atoms with Crippen LogP contribution in [0.3, 0.4) is 0 Å². The Morgan fingerprint density at radius 2 is 1.90 bits per heavy atom. The Hall–Kier alpha value is -3.15. The third kappa shape index (κ3) is 4.87.